The van der Waals surface area contributed by atoms with Gasteiger partial charge in [-0.15, -0.1) is 12.2 Å². The van der Waals surface area contributed by atoms with Crippen LogP contribution in [0.2, 0.25) is 0 Å². The van der Waals surface area contributed by atoms with Crippen molar-refractivity contribution < 1.29 is 0 Å². The summed E-state index contributed by atoms with van der Waals surface area (Å²) in [7, 11) is 0. The first-order chi connectivity index (χ1) is 4.47. The Kier molecular flexibility index (Phi) is 0.950. The number of hydrogen-bond acceptors (Lipinski definition) is 0. The molecule has 0 N–H and O–H groups in total. The molecule has 0 radical (unpaired) electrons. The highest BCUT2D eigenvalue weighted by molar-refractivity contribution is 5.59. The van der Waals surface area contributed by atoms with Crippen molar-refractivity contribution in [2.75, 3.05) is 6.54 Å². The SMILES string of the molecule is c1ccc2c(c1)CC[N-]2. The van der Waals surface area contributed by atoms with Gasteiger partial charge in [0.15, 0.2) is 0 Å². The second kappa shape index (κ2) is 1.76. The molecule has 0 saturated carbocycles. The molecular weight excluding hydrogens is 110 g/mol. The first-order valence-corrected chi connectivity index (χ1v) is 3.22. The third-order valence-corrected chi connectivity index (χ3v) is 1.65. The van der Waals surface area contributed by atoms with E-state index in [2.05, 4.69) is 23.5 Å². The Morgan fingerprint density at radius 2 is 2.11 bits per heavy atom. The summed E-state index contributed by atoms with van der Waals surface area (Å²) in [6.07, 6.45) is 1.14. The first-order valence-electron chi connectivity index (χ1n) is 3.22. The van der Waals surface area contributed by atoms with E-state index in [0.29, 0.717) is 0 Å². The van der Waals surface area contributed by atoms with Crippen LogP contribution in [-0.2, 0) is 6.42 Å². The first kappa shape index (κ1) is 4.86. The minimum atomic E-state index is 0.985. The summed E-state index contributed by atoms with van der Waals surface area (Å²) in [5.74, 6) is 0. The van der Waals surface area contributed by atoms with Crippen molar-refractivity contribution in [1.82, 2.24) is 0 Å². The molecule has 0 atom stereocenters. The van der Waals surface area contributed by atoms with E-state index in [-0.39, 0.29) is 0 Å². The summed E-state index contributed by atoms with van der Waals surface area (Å²) in [4.78, 5) is 0. The molecular formula is C8H8N-. The highest BCUT2D eigenvalue weighted by Crippen LogP contribution is 2.29. The van der Waals surface area contributed by atoms with Crippen LogP contribution in [-0.4, -0.2) is 6.54 Å². The Morgan fingerprint density at radius 1 is 1.22 bits per heavy atom. The molecule has 0 saturated heterocycles. The summed E-state index contributed by atoms with van der Waals surface area (Å²) in [5, 5.41) is 4.30. The summed E-state index contributed by atoms with van der Waals surface area (Å²) >= 11 is 0. The molecule has 46 valence electrons. The molecule has 1 heterocycles. The lowest BCUT2D eigenvalue weighted by atomic mass is 10.2. The molecule has 0 bridgehead atoms. The van der Waals surface area contributed by atoms with Gasteiger partial charge in [-0.2, -0.15) is 0 Å². The molecule has 0 fully saturated rings. The number of hydrogen-bond donors (Lipinski definition) is 0. The van der Waals surface area contributed by atoms with Crippen LogP contribution in [0.15, 0.2) is 24.3 Å². The molecule has 1 aromatic rings. The Labute approximate surface area is 54.7 Å². The van der Waals surface area contributed by atoms with Gasteiger partial charge >= 0.3 is 0 Å². The molecule has 1 aliphatic heterocycles. The summed E-state index contributed by atoms with van der Waals surface area (Å²) in [6, 6.07) is 8.32. The predicted octanol–water partition coefficient (Wildman–Crippen LogP) is 2.25. The van der Waals surface area contributed by atoms with Crippen molar-refractivity contribution in [1.29, 1.82) is 0 Å². The topological polar surface area (TPSA) is 14.1 Å². The van der Waals surface area contributed by atoms with Crippen molar-refractivity contribution in [3.05, 3.63) is 35.1 Å². The van der Waals surface area contributed by atoms with Crippen molar-refractivity contribution in [3.63, 3.8) is 0 Å². The van der Waals surface area contributed by atoms with Gasteiger partial charge in [0.25, 0.3) is 0 Å². The predicted molar refractivity (Wildman–Crippen MR) is 38.0 cm³/mol. The van der Waals surface area contributed by atoms with E-state index >= 15 is 0 Å². The maximum atomic E-state index is 4.30. The minimum Gasteiger partial charge on any atom is -0.684 e. The van der Waals surface area contributed by atoms with Crippen LogP contribution in [0, 0.1) is 0 Å². The van der Waals surface area contributed by atoms with E-state index in [4.69, 9.17) is 0 Å². The zero-order valence-electron chi connectivity index (χ0n) is 5.17. The second-order valence-corrected chi connectivity index (χ2v) is 2.26. The van der Waals surface area contributed by atoms with Gasteiger partial charge in [0, 0.05) is 0 Å². The summed E-state index contributed by atoms with van der Waals surface area (Å²) in [5.41, 5.74) is 2.59. The Morgan fingerprint density at radius 3 is 3.00 bits per heavy atom. The molecule has 0 amide bonds. The zero-order chi connectivity index (χ0) is 6.10. The van der Waals surface area contributed by atoms with Crippen LogP contribution < -0.4 is 0 Å². The number of fused-ring (bicyclic) bond motifs is 1. The zero-order valence-corrected chi connectivity index (χ0v) is 5.17. The Balaban J connectivity index is 2.54. The van der Waals surface area contributed by atoms with Crippen LogP contribution in [0.25, 0.3) is 5.32 Å². The third kappa shape index (κ3) is 0.689. The van der Waals surface area contributed by atoms with E-state index in [9.17, 15) is 0 Å². The van der Waals surface area contributed by atoms with Crippen molar-refractivity contribution in [3.8, 4) is 0 Å². The average Bonchev–Trinajstić information content (AvgIpc) is 2.33. The smallest absolute Gasteiger partial charge is 0.0453 e. The Hall–Kier alpha value is -0.980. The average molecular weight is 118 g/mol. The minimum absolute atomic E-state index is 0.985. The third-order valence-electron chi connectivity index (χ3n) is 1.65. The monoisotopic (exact) mass is 118 g/mol. The summed E-state index contributed by atoms with van der Waals surface area (Å²) < 4.78 is 0. The van der Waals surface area contributed by atoms with E-state index in [1.807, 2.05) is 6.07 Å². The molecule has 1 aromatic carbocycles. The number of benzene rings is 1. The molecule has 9 heavy (non-hydrogen) atoms. The van der Waals surface area contributed by atoms with E-state index in [1.54, 1.807) is 0 Å². The van der Waals surface area contributed by atoms with Crippen LogP contribution in [0.1, 0.15) is 5.56 Å². The molecule has 0 aliphatic carbocycles. The summed E-state index contributed by atoms with van der Waals surface area (Å²) in [6.45, 7) is 0.985. The molecule has 1 aliphatic rings. The van der Waals surface area contributed by atoms with E-state index < -0.39 is 0 Å². The fraction of sp³-hybridized carbons (Fsp3) is 0.250. The number of nitrogens with zero attached hydrogens (tertiary/aromatic N) is 1. The van der Waals surface area contributed by atoms with Gasteiger partial charge in [-0.3, -0.25) is 0 Å². The lowest BCUT2D eigenvalue weighted by Crippen LogP contribution is -1.75. The van der Waals surface area contributed by atoms with Gasteiger partial charge in [-0.05, 0) is 6.42 Å². The van der Waals surface area contributed by atoms with Gasteiger partial charge in [-0.1, -0.05) is 29.8 Å². The maximum Gasteiger partial charge on any atom is -0.0453 e. The largest absolute Gasteiger partial charge is 0.684 e. The normalized spacial score (nSPS) is 14.7. The lowest BCUT2D eigenvalue weighted by molar-refractivity contribution is 1.14. The van der Waals surface area contributed by atoms with E-state index in [0.717, 1.165) is 13.0 Å². The van der Waals surface area contributed by atoms with Crippen molar-refractivity contribution >= 4 is 5.69 Å². The van der Waals surface area contributed by atoms with Gasteiger partial charge in [0.1, 0.15) is 0 Å². The van der Waals surface area contributed by atoms with Crippen LogP contribution in [0.3, 0.4) is 0 Å². The maximum absolute atomic E-state index is 4.30. The molecule has 0 aromatic heterocycles. The standard InChI is InChI=1S/C8H8N/c1-2-4-8-7(3-1)5-6-9-8/h1-4H,5-6H2/q-1. The van der Waals surface area contributed by atoms with Crippen LogP contribution in [0.4, 0.5) is 5.69 Å². The Bertz CT molecular complexity index is 195. The van der Waals surface area contributed by atoms with Crippen LogP contribution in [0.5, 0.6) is 0 Å². The van der Waals surface area contributed by atoms with Gasteiger partial charge < -0.3 is 5.32 Å². The fourth-order valence-corrected chi connectivity index (χ4v) is 1.17. The van der Waals surface area contributed by atoms with Crippen LogP contribution >= 0.6 is 0 Å². The van der Waals surface area contributed by atoms with Crippen molar-refractivity contribution in [2.45, 2.75) is 6.42 Å². The highest BCUT2D eigenvalue weighted by Gasteiger charge is 1.95. The molecule has 0 spiro atoms. The fourth-order valence-electron chi connectivity index (χ4n) is 1.17. The molecule has 2 rings (SSSR count). The molecule has 1 heteroatoms. The van der Waals surface area contributed by atoms with Gasteiger partial charge in [-0.25, -0.2) is 0 Å². The number of para-hydroxylation sites is 1. The van der Waals surface area contributed by atoms with Gasteiger partial charge in [0.2, 0.25) is 0 Å². The van der Waals surface area contributed by atoms with Crippen molar-refractivity contribution in [2.24, 2.45) is 0 Å². The second-order valence-electron chi connectivity index (χ2n) is 2.26. The highest BCUT2D eigenvalue weighted by atomic mass is 14.9. The lowest BCUT2D eigenvalue weighted by Gasteiger charge is -2.10. The quantitative estimate of drug-likeness (QED) is 0.496. The molecule has 1 nitrogen and oxygen atoms in total. The number of rotatable bonds is 0. The molecule has 0 unspecified atom stereocenters. The van der Waals surface area contributed by atoms with E-state index in [1.165, 1.54) is 11.3 Å². The van der Waals surface area contributed by atoms with Gasteiger partial charge in [0.05, 0.1) is 0 Å².